The van der Waals surface area contributed by atoms with Crippen molar-refractivity contribution >= 4 is 11.4 Å². The molecule has 3 aromatic heterocycles. The molecule has 4 aromatic rings. The largest absolute Gasteiger partial charge is 0.494 e. The number of carbonyl (C=O) groups is 1. The fourth-order valence-electron chi connectivity index (χ4n) is 2.98. The molecule has 0 aliphatic rings. The quantitative estimate of drug-likeness (QED) is 0.485. The number of ether oxygens (including phenoxy) is 1. The van der Waals surface area contributed by atoms with E-state index in [4.69, 9.17) is 4.74 Å². The Hall–Kier alpha value is -3.75. The standard InChI is InChI=1S/C20H13F3N4O2/c1-29-16-6-3-8-24-17(16)18(28)14-11-26-27-15(7-9-25-19(14)27)12-4-2-5-13(10-12)20(21,22)23/h2-11H,1H3. The van der Waals surface area contributed by atoms with Gasteiger partial charge in [-0.1, -0.05) is 12.1 Å². The summed E-state index contributed by atoms with van der Waals surface area (Å²) in [6.07, 6.45) is -0.277. The number of nitrogens with zero attached hydrogens (tertiary/aromatic N) is 4. The summed E-state index contributed by atoms with van der Waals surface area (Å²) in [4.78, 5) is 21.2. The maximum Gasteiger partial charge on any atom is 0.416 e. The van der Waals surface area contributed by atoms with Gasteiger partial charge in [-0.05, 0) is 30.3 Å². The minimum Gasteiger partial charge on any atom is -0.494 e. The van der Waals surface area contributed by atoms with Gasteiger partial charge in [0.15, 0.2) is 11.3 Å². The van der Waals surface area contributed by atoms with Gasteiger partial charge < -0.3 is 4.74 Å². The van der Waals surface area contributed by atoms with Crippen LogP contribution >= 0.6 is 0 Å². The first-order valence-corrected chi connectivity index (χ1v) is 8.44. The number of alkyl halides is 3. The maximum atomic E-state index is 13.1. The third kappa shape index (κ3) is 3.31. The van der Waals surface area contributed by atoms with Crippen LogP contribution in [-0.4, -0.2) is 32.5 Å². The third-order valence-electron chi connectivity index (χ3n) is 4.34. The second-order valence-corrected chi connectivity index (χ2v) is 6.09. The molecule has 0 fully saturated rings. The summed E-state index contributed by atoms with van der Waals surface area (Å²) in [6.45, 7) is 0. The van der Waals surface area contributed by atoms with Crippen molar-refractivity contribution in [1.82, 2.24) is 19.6 Å². The third-order valence-corrected chi connectivity index (χ3v) is 4.34. The van der Waals surface area contributed by atoms with E-state index >= 15 is 0 Å². The van der Waals surface area contributed by atoms with Gasteiger partial charge in [0.05, 0.1) is 30.1 Å². The smallest absolute Gasteiger partial charge is 0.416 e. The van der Waals surface area contributed by atoms with E-state index in [0.717, 1.165) is 12.1 Å². The highest BCUT2D eigenvalue weighted by atomic mass is 19.4. The van der Waals surface area contributed by atoms with Crippen LogP contribution in [0.1, 0.15) is 21.6 Å². The number of halogens is 3. The molecular weight excluding hydrogens is 385 g/mol. The number of fused-ring (bicyclic) bond motifs is 1. The summed E-state index contributed by atoms with van der Waals surface area (Å²) in [5.41, 5.74) is 0.351. The lowest BCUT2D eigenvalue weighted by Gasteiger charge is -2.10. The lowest BCUT2D eigenvalue weighted by molar-refractivity contribution is -0.137. The molecule has 0 radical (unpaired) electrons. The normalized spacial score (nSPS) is 11.6. The van der Waals surface area contributed by atoms with Crippen LogP contribution in [0.4, 0.5) is 13.2 Å². The fourth-order valence-corrected chi connectivity index (χ4v) is 2.98. The van der Waals surface area contributed by atoms with E-state index in [2.05, 4.69) is 15.1 Å². The average molecular weight is 398 g/mol. The van der Waals surface area contributed by atoms with E-state index in [1.807, 2.05) is 0 Å². The predicted molar refractivity (Wildman–Crippen MR) is 97.6 cm³/mol. The van der Waals surface area contributed by atoms with E-state index in [-0.39, 0.29) is 16.9 Å². The van der Waals surface area contributed by atoms with Crippen LogP contribution in [0.25, 0.3) is 16.9 Å². The van der Waals surface area contributed by atoms with Crippen LogP contribution in [0.2, 0.25) is 0 Å². The number of hydrogen-bond donors (Lipinski definition) is 0. The number of benzene rings is 1. The van der Waals surface area contributed by atoms with Gasteiger partial charge in [0, 0.05) is 18.0 Å². The summed E-state index contributed by atoms with van der Waals surface area (Å²) >= 11 is 0. The molecule has 29 heavy (non-hydrogen) atoms. The van der Waals surface area contributed by atoms with E-state index in [9.17, 15) is 18.0 Å². The van der Waals surface area contributed by atoms with Gasteiger partial charge in [0.1, 0.15) is 5.75 Å². The molecule has 9 heteroatoms. The molecule has 0 bridgehead atoms. The molecule has 0 aliphatic heterocycles. The molecule has 4 rings (SSSR count). The molecule has 3 heterocycles. The van der Waals surface area contributed by atoms with Crippen molar-refractivity contribution in [1.29, 1.82) is 0 Å². The Bertz CT molecular complexity index is 1220. The molecule has 0 aliphatic carbocycles. The molecule has 0 unspecified atom stereocenters. The van der Waals surface area contributed by atoms with Crippen LogP contribution < -0.4 is 4.74 Å². The number of carbonyl (C=O) groups excluding carboxylic acids is 1. The monoisotopic (exact) mass is 398 g/mol. The fraction of sp³-hybridized carbons (Fsp3) is 0.100. The Morgan fingerprint density at radius 2 is 1.90 bits per heavy atom. The molecule has 146 valence electrons. The molecule has 0 amide bonds. The highest BCUT2D eigenvalue weighted by Crippen LogP contribution is 2.32. The second kappa shape index (κ2) is 7.01. The summed E-state index contributed by atoms with van der Waals surface area (Å²) in [7, 11) is 1.42. The molecule has 6 nitrogen and oxygen atoms in total. The van der Waals surface area contributed by atoms with Crippen molar-refractivity contribution < 1.29 is 22.7 Å². The molecule has 1 aromatic carbocycles. The topological polar surface area (TPSA) is 69.4 Å². The number of methoxy groups -OCH3 is 1. The van der Waals surface area contributed by atoms with Crippen LogP contribution in [0.3, 0.4) is 0 Å². The zero-order chi connectivity index (χ0) is 20.6. The number of hydrogen-bond acceptors (Lipinski definition) is 5. The maximum absolute atomic E-state index is 13.1. The van der Waals surface area contributed by atoms with Gasteiger partial charge in [-0.2, -0.15) is 18.3 Å². The number of rotatable bonds is 4. The van der Waals surface area contributed by atoms with Crippen LogP contribution in [0, 0.1) is 0 Å². The Morgan fingerprint density at radius 1 is 1.07 bits per heavy atom. The highest BCUT2D eigenvalue weighted by Gasteiger charge is 2.30. The summed E-state index contributed by atoms with van der Waals surface area (Å²) in [5, 5.41) is 4.17. The molecule has 0 spiro atoms. The van der Waals surface area contributed by atoms with Crippen molar-refractivity contribution in [2.45, 2.75) is 6.18 Å². The lowest BCUT2D eigenvalue weighted by Crippen LogP contribution is -2.07. The van der Waals surface area contributed by atoms with Crippen LogP contribution in [0.15, 0.2) is 61.1 Å². The molecule has 0 N–H and O–H groups in total. The molecular formula is C20H13F3N4O2. The van der Waals surface area contributed by atoms with Crippen molar-refractivity contribution in [2.24, 2.45) is 0 Å². The van der Waals surface area contributed by atoms with Gasteiger partial charge in [0.2, 0.25) is 5.78 Å². The van der Waals surface area contributed by atoms with Crippen LogP contribution in [0.5, 0.6) is 5.75 Å². The van der Waals surface area contributed by atoms with Gasteiger partial charge in [-0.25, -0.2) is 14.5 Å². The summed E-state index contributed by atoms with van der Waals surface area (Å²) in [6, 6.07) is 9.65. The Morgan fingerprint density at radius 3 is 2.66 bits per heavy atom. The summed E-state index contributed by atoms with van der Waals surface area (Å²) < 4.78 is 45.7. The van der Waals surface area contributed by atoms with E-state index < -0.39 is 17.5 Å². The van der Waals surface area contributed by atoms with E-state index in [0.29, 0.717) is 17.0 Å². The first kappa shape index (κ1) is 18.6. The number of ketones is 1. The van der Waals surface area contributed by atoms with Gasteiger partial charge >= 0.3 is 6.18 Å². The van der Waals surface area contributed by atoms with E-state index in [1.54, 1.807) is 12.1 Å². The van der Waals surface area contributed by atoms with Crippen molar-refractivity contribution in [3.8, 4) is 17.0 Å². The Labute approximate surface area is 162 Å². The molecule has 0 saturated carbocycles. The van der Waals surface area contributed by atoms with Crippen molar-refractivity contribution in [3.05, 3.63) is 77.9 Å². The average Bonchev–Trinajstić information content (AvgIpc) is 3.17. The zero-order valence-corrected chi connectivity index (χ0v) is 15.0. The van der Waals surface area contributed by atoms with Gasteiger partial charge in [0.25, 0.3) is 0 Å². The first-order valence-electron chi connectivity index (χ1n) is 8.44. The van der Waals surface area contributed by atoms with E-state index in [1.165, 1.54) is 48.4 Å². The SMILES string of the molecule is COc1cccnc1C(=O)c1cnn2c(-c3cccc(C(F)(F)F)c3)ccnc12. The predicted octanol–water partition coefficient (Wildman–Crippen LogP) is 4.05. The zero-order valence-electron chi connectivity index (χ0n) is 15.0. The minimum atomic E-state index is -4.47. The Kier molecular flexibility index (Phi) is 4.50. The second-order valence-electron chi connectivity index (χ2n) is 6.09. The summed E-state index contributed by atoms with van der Waals surface area (Å²) in [5.74, 6) is -0.156. The van der Waals surface area contributed by atoms with Crippen molar-refractivity contribution in [2.75, 3.05) is 7.11 Å². The number of pyridine rings is 1. The minimum absolute atomic E-state index is 0.0937. The highest BCUT2D eigenvalue weighted by molar-refractivity contribution is 6.12. The lowest BCUT2D eigenvalue weighted by atomic mass is 10.1. The van der Waals surface area contributed by atoms with Gasteiger partial charge in [-0.15, -0.1) is 0 Å². The molecule has 0 saturated heterocycles. The van der Waals surface area contributed by atoms with Crippen LogP contribution in [-0.2, 0) is 6.18 Å². The first-order chi connectivity index (χ1) is 13.9. The van der Waals surface area contributed by atoms with Crippen molar-refractivity contribution in [3.63, 3.8) is 0 Å². The molecule has 0 atom stereocenters. The number of aromatic nitrogens is 4. The van der Waals surface area contributed by atoms with Gasteiger partial charge in [-0.3, -0.25) is 4.79 Å². The Balaban J connectivity index is 1.84.